The maximum atomic E-state index is 13.7. The Morgan fingerprint density at radius 1 is 0.837 bits per heavy atom. The molecule has 224 valence electrons. The molecule has 0 atom stereocenters. The molecule has 0 spiro atoms. The Bertz CT molecular complexity index is 1580. The summed E-state index contributed by atoms with van der Waals surface area (Å²) in [5.41, 5.74) is 2.34. The van der Waals surface area contributed by atoms with E-state index in [1.165, 1.54) is 38.5 Å². The van der Waals surface area contributed by atoms with Crippen LogP contribution in [-0.4, -0.2) is 57.8 Å². The van der Waals surface area contributed by atoms with E-state index < -0.39 is 17.5 Å². The number of aromatic nitrogens is 1. The van der Waals surface area contributed by atoms with Crippen molar-refractivity contribution in [2.24, 2.45) is 0 Å². The number of amides is 1. The molecular weight excluding hydrogens is 623 g/mol. The lowest BCUT2D eigenvalue weighted by Crippen LogP contribution is -2.30. The maximum absolute atomic E-state index is 13.7. The van der Waals surface area contributed by atoms with Crippen molar-refractivity contribution >= 4 is 27.6 Å². The highest BCUT2D eigenvalue weighted by atomic mass is 79.9. The molecule has 11 heteroatoms. The smallest absolute Gasteiger partial charge is 0.251 e. The van der Waals surface area contributed by atoms with Crippen LogP contribution in [0.2, 0.25) is 0 Å². The van der Waals surface area contributed by atoms with Gasteiger partial charge in [0.1, 0.15) is 35.3 Å². The number of ketones is 1. The largest absolute Gasteiger partial charge is 0.497 e. The number of methoxy groups -OCH3 is 3. The van der Waals surface area contributed by atoms with Gasteiger partial charge in [-0.3, -0.25) is 9.59 Å². The van der Waals surface area contributed by atoms with Gasteiger partial charge in [0, 0.05) is 11.1 Å². The van der Waals surface area contributed by atoms with E-state index in [0.717, 1.165) is 11.3 Å². The summed E-state index contributed by atoms with van der Waals surface area (Å²) in [5.74, 6) is 0.688. The monoisotopic (exact) mass is 652 g/mol. The first kappa shape index (κ1) is 31.5. The van der Waals surface area contributed by atoms with Crippen LogP contribution in [0.25, 0.3) is 11.3 Å². The second-order valence-corrected chi connectivity index (χ2v) is 9.95. The molecule has 4 aromatic rings. The standard InChI is InChI=1S/C32H30BrFN2O7/c1-39-23-8-4-20(5-9-23)19-42-14-15-43-28-12-7-22(17-30(28)41-3)32(38)35-18-27(37)26-11-13-29(40-2)31(36-26)21-6-10-25(34)24(33)16-21/h4-13,16-17H,14-15,18-19H2,1-3H3,(H,35,38). The number of rotatable bonds is 14. The minimum absolute atomic E-state index is 0.118. The zero-order valence-corrected chi connectivity index (χ0v) is 25.4. The van der Waals surface area contributed by atoms with Crippen LogP contribution in [0.5, 0.6) is 23.0 Å². The molecule has 9 nitrogen and oxygen atoms in total. The topological polar surface area (TPSA) is 105 Å². The van der Waals surface area contributed by atoms with E-state index in [9.17, 15) is 14.0 Å². The molecule has 4 rings (SSSR count). The molecule has 0 saturated heterocycles. The third-order valence-corrected chi connectivity index (χ3v) is 6.91. The molecule has 0 unspecified atom stereocenters. The van der Waals surface area contributed by atoms with Crippen molar-refractivity contribution in [3.8, 4) is 34.3 Å². The zero-order valence-electron chi connectivity index (χ0n) is 23.8. The number of carbonyl (C=O) groups is 2. The second kappa shape index (κ2) is 15.1. The first-order valence-electron chi connectivity index (χ1n) is 13.2. The molecule has 3 aromatic carbocycles. The number of hydrogen-bond acceptors (Lipinski definition) is 8. The molecule has 0 aliphatic carbocycles. The Morgan fingerprint density at radius 2 is 1.58 bits per heavy atom. The van der Waals surface area contributed by atoms with Gasteiger partial charge in [-0.15, -0.1) is 0 Å². The van der Waals surface area contributed by atoms with Crippen molar-refractivity contribution in [2.45, 2.75) is 6.61 Å². The van der Waals surface area contributed by atoms with E-state index in [1.807, 2.05) is 24.3 Å². The second-order valence-electron chi connectivity index (χ2n) is 9.10. The third kappa shape index (κ3) is 8.30. The van der Waals surface area contributed by atoms with Gasteiger partial charge in [-0.1, -0.05) is 12.1 Å². The number of pyridine rings is 1. The molecule has 43 heavy (non-hydrogen) atoms. The fourth-order valence-electron chi connectivity index (χ4n) is 4.02. The van der Waals surface area contributed by atoms with Gasteiger partial charge in [-0.25, -0.2) is 9.37 Å². The quantitative estimate of drug-likeness (QED) is 0.133. The number of benzene rings is 3. The van der Waals surface area contributed by atoms with E-state index in [4.69, 9.17) is 23.7 Å². The van der Waals surface area contributed by atoms with Gasteiger partial charge in [0.05, 0.1) is 45.6 Å². The van der Waals surface area contributed by atoms with Crippen LogP contribution in [0, 0.1) is 5.82 Å². The van der Waals surface area contributed by atoms with Crippen LogP contribution < -0.4 is 24.3 Å². The van der Waals surface area contributed by atoms with E-state index in [1.54, 1.807) is 31.4 Å². The summed E-state index contributed by atoms with van der Waals surface area (Å²) in [6.07, 6.45) is 0. The molecule has 0 aliphatic heterocycles. The normalized spacial score (nSPS) is 10.6. The lowest BCUT2D eigenvalue weighted by atomic mass is 10.1. The van der Waals surface area contributed by atoms with E-state index >= 15 is 0 Å². The van der Waals surface area contributed by atoms with E-state index in [2.05, 4.69) is 26.2 Å². The molecule has 1 aromatic heterocycles. The first-order valence-corrected chi connectivity index (χ1v) is 14.0. The highest BCUT2D eigenvalue weighted by Gasteiger charge is 2.17. The molecule has 0 aliphatic rings. The maximum Gasteiger partial charge on any atom is 0.251 e. The highest BCUT2D eigenvalue weighted by molar-refractivity contribution is 9.10. The van der Waals surface area contributed by atoms with Gasteiger partial charge in [0.15, 0.2) is 17.3 Å². The first-order chi connectivity index (χ1) is 20.8. The van der Waals surface area contributed by atoms with Crippen molar-refractivity contribution < 1.29 is 37.7 Å². The van der Waals surface area contributed by atoms with Gasteiger partial charge in [0.2, 0.25) is 0 Å². The molecule has 1 N–H and O–H groups in total. The number of ether oxygens (including phenoxy) is 5. The molecule has 0 bridgehead atoms. The fourth-order valence-corrected chi connectivity index (χ4v) is 4.40. The number of carbonyl (C=O) groups excluding carboxylic acids is 2. The van der Waals surface area contributed by atoms with Crippen molar-refractivity contribution in [3.63, 3.8) is 0 Å². The fraction of sp³-hybridized carbons (Fsp3) is 0.219. The predicted octanol–water partition coefficient (Wildman–Crippen LogP) is 5.88. The van der Waals surface area contributed by atoms with Crippen LogP contribution in [0.4, 0.5) is 4.39 Å². The summed E-state index contributed by atoms with van der Waals surface area (Å²) in [6.45, 7) is 0.758. The lowest BCUT2D eigenvalue weighted by molar-refractivity contribution is 0.0877. The van der Waals surface area contributed by atoms with E-state index in [-0.39, 0.29) is 28.9 Å². The molecule has 0 radical (unpaired) electrons. The van der Waals surface area contributed by atoms with Crippen molar-refractivity contribution in [3.05, 3.63) is 99.9 Å². The Kier molecular flexibility index (Phi) is 11.1. The molecule has 0 fully saturated rings. The SMILES string of the molecule is COc1ccc(COCCOc2ccc(C(=O)NCC(=O)c3ccc(OC)c(-c4ccc(F)c(Br)c4)n3)cc2OC)cc1. The van der Waals surface area contributed by atoms with Crippen LogP contribution in [0.3, 0.4) is 0 Å². The summed E-state index contributed by atoms with van der Waals surface area (Å²) in [4.78, 5) is 30.1. The van der Waals surface area contributed by atoms with Gasteiger partial charge in [0.25, 0.3) is 5.91 Å². The highest BCUT2D eigenvalue weighted by Crippen LogP contribution is 2.31. The predicted molar refractivity (Wildman–Crippen MR) is 162 cm³/mol. The summed E-state index contributed by atoms with van der Waals surface area (Å²) in [5, 5.41) is 2.61. The third-order valence-electron chi connectivity index (χ3n) is 6.31. The average Bonchev–Trinajstić information content (AvgIpc) is 3.04. The summed E-state index contributed by atoms with van der Waals surface area (Å²) >= 11 is 3.16. The Balaban J connectivity index is 1.32. The minimum Gasteiger partial charge on any atom is -0.497 e. The van der Waals surface area contributed by atoms with Crippen molar-refractivity contribution in [1.82, 2.24) is 10.3 Å². The Morgan fingerprint density at radius 3 is 2.28 bits per heavy atom. The van der Waals surface area contributed by atoms with Gasteiger partial charge < -0.3 is 29.0 Å². The van der Waals surface area contributed by atoms with Crippen LogP contribution in [-0.2, 0) is 11.3 Å². The number of Topliss-reactive ketones (excluding diaryl/α,β-unsaturated/α-hetero) is 1. The molecule has 1 amide bonds. The number of halogens is 2. The average molecular weight is 654 g/mol. The molecular formula is C32H30BrFN2O7. The van der Waals surface area contributed by atoms with Crippen LogP contribution in [0.1, 0.15) is 26.4 Å². The summed E-state index contributed by atoms with van der Waals surface area (Å²) in [6, 6.07) is 19.8. The lowest BCUT2D eigenvalue weighted by Gasteiger charge is -2.13. The summed E-state index contributed by atoms with van der Waals surface area (Å²) in [7, 11) is 4.56. The number of nitrogens with zero attached hydrogens (tertiary/aromatic N) is 1. The van der Waals surface area contributed by atoms with Gasteiger partial charge in [-0.05, 0) is 82.2 Å². The Hall–Kier alpha value is -4.48. The number of nitrogens with one attached hydrogen (secondary N) is 1. The molecule has 1 heterocycles. The minimum atomic E-state index is -0.475. The van der Waals surface area contributed by atoms with Gasteiger partial charge in [-0.2, -0.15) is 0 Å². The zero-order chi connectivity index (χ0) is 30.8. The number of hydrogen-bond donors (Lipinski definition) is 1. The summed E-state index contributed by atoms with van der Waals surface area (Å²) < 4.78 is 41.3. The van der Waals surface area contributed by atoms with Crippen molar-refractivity contribution in [1.29, 1.82) is 0 Å². The Labute approximate surface area is 257 Å². The van der Waals surface area contributed by atoms with Crippen molar-refractivity contribution in [2.75, 3.05) is 41.1 Å². The molecule has 0 saturated carbocycles. The van der Waals surface area contributed by atoms with Crippen LogP contribution in [0.15, 0.2) is 77.3 Å². The van der Waals surface area contributed by atoms with Crippen LogP contribution >= 0.6 is 15.9 Å². The van der Waals surface area contributed by atoms with Gasteiger partial charge >= 0.3 is 0 Å². The van der Waals surface area contributed by atoms with E-state index in [0.29, 0.717) is 41.7 Å².